The molecule has 2 aromatic carbocycles. The first-order chi connectivity index (χ1) is 11.2. The van der Waals surface area contributed by atoms with Crippen molar-refractivity contribution in [3.8, 4) is 5.75 Å². The quantitative estimate of drug-likeness (QED) is 0.530. The lowest BCUT2D eigenvalue weighted by molar-refractivity contribution is -0.118. The van der Waals surface area contributed by atoms with Gasteiger partial charge in [0.15, 0.2) is 12.4 Å². The van der Waals surface area contributed by atoms with Crippen LogP contribution in [0.25, 0.3) is 6.08 Å². The Morgan fingerprint density at radius 1 is 1.22 bits per heavy atom. The molecule has 23 heavy (non-hydrogen) atoms. The number of anilines is 1. The van der Waals surface area contributed by atoms with Crippen molar-refractivity contribution in [3.63, 3.8) is 0 Å². The summed E-state index contributed by atoms with van der Waals surface area (Å²) in [4.78, 5) is 24.8. The molecule has 2 aromatic rings. The second kappa shape index (κ2) is 6.71. The van der Waals surface area contributed by atoms with Crippen LogP contribution in [0, 0.1) is 0 Å². The molecule has 1 amide bonds. The van der Waals surface area contributed by atoms with Crippen LogP contribution in [0.5, 0.6) is 5.75 Å². The highest BCUT2D eigenvalue weighted by molar-refractivity contribution is 7.98. The molecular formula is C18H15NO3S. The van der Waals surface area contributed by atoms with Gasteiger partial charge >= 0.3 is 0 Å². The Morgan fingerprint density at radius 3 is 2.74 bits per heavy atom. The number of amides is 1. The monoisotopic (exact) mass is 325 g/mol. The van der Waals surface area contributed by atoms with Gasteiger partial charge in [0, 0.05) is 10.5 Å². The highest BCUT2D eigenvalue weighted by Crippen LogP contribution is 2.28. The summed E-state index contributed by atoms with van der Waals surface area (Å²) in [5.41, 5.74) is 2.00. The molecule has 0 radical (unpaired) electrons. The number of allylic oxidation sites excluding steroid dienone is 1. The third-order valence-corrected chi connectivity index (χ3v) is 4.18. The first-order valence-electron chi connectivity index (χ1n) is 7.09. The van der Waals surface area contributed by atoms with Crippen LogP contribution in [-0.2, 0) is 4.79 Å². The SMILES string of the molecule is CSc1ccc(/C=C/C(=O)c2ccc3c(c2)NC(=O)CO3)cc1. The Balaban J connectivity index is 1.76. The minimum atomic E-state index is -0.216. The van der Waals surface area contributed by atoms with Gasteiger partial charge in [-0.2, -0.15) is 0 Å². The second-order valence-electron chi connectivity index (χ2n) is 5.02. The van der Waals surface area contributed by atoms with Crippen LogP contribution in [0.2, 0.25) is 0 Å². The average Bonchev–Trinajstić information content (AvgIpc) is 2.59. The molecule has 0 fully saturated rings. The number of ketones is 1. The normalized spacial score (nSPS) is 13.3. The van der Waals surface area contributed by atoms with E-state index in [1.807, 2.05) is 30.5 Å². The van der Waals surface area contributed by atoms with Crippen LogP contribution in [0.3, 0.4) is 0 Å². The molecule has 0 spiro atoms. The van der Waals surface area contributed by atoms with Crippen LogP contribution in [-0.4, -0.2) is 24.6 Å². The van der Waals surface area contributed by atoms with E-state index < -0.39 is 0 Å². The molecule has 116 valence electrons. The van der Waals surface area contributed by atoms with Gasteiger partial charge < -0.3 is 10.1 Å². The van der Waals surface area contributed by atoms with E-state index in [9.17, 15) is 9.59 Å². The summed E-state index contributed by atoms with van der Waals surface area (Å²) >= 11 is 1.67. The number of carbonyl (C=O) groups excluding carboxylic acids is 2. The van der Waals surface area contributed by atoms with Crippen molar-refractivity contribution in [2.75, 3.05) is 18.2 Å². The van der Waals surface area contributed by atoms with E-state index in [1.165, 1.54) is 11.0 Å². The van der Waals surface area contributed by atoms with Crippen LogP contribution in [0.4, 0.5) is 5.69 Å². The molecule has 3 rings (SSSR count). The molecule has 0 bridgehead atoms. The number of nitrogens with one attached hydrogen (secondary N) is 1. The lowest BCUT2D eigenvalue weighted by Crippen LogP contribution is -2.25. The summed E-state index contributed by atoms with van der Waals surface area (Å²) < 4.78 is 5.28. The topological polar surface area (TPSA) is 55.4 Å². The first kappa shape index (κ1) is 15.4. The number of fused-ring (bicyclic) bond motifs is 1. The zero-order valence-corrected chi connectivity index (χ0v) is 13.4. The Bertz CT molecular complexity index is 781. The third kappa shape index (κ3) is 3.63. The molecule has 1 heterocycles. The molecule has 0 saturated carbocycles. The maximum Gasteiger partial charge on any atom is 0.262 e. The summed E-state index contributed by atoms with van der Waals surface area (Å²) in [6, 6.07) is 13.0. The number of hydrogen-bond acceptors (Lipinski definition) is 4. The maximum atomic E-state index is 12.3. The molecule has 1 aliphatic heterocycles. The molecule has 1 N–H and O–H groups in total. The smallest absolute Gasteiger partial charge is 0.262 e. The largest absolute Gasteiger partial charge is 0.482 e. The van der Waals surface area contributed by atoms with E-state index >= 15 is 0 Å². The zero-order valence-electron chi connectivity index (χ0n) is 12.5. The predicted octanol–water partition coefficient (Wildman–Crippen LogP) is 3.64. The van der Waals surface area contributed by atoms with Gasteiger partial charge in [0.05, 0.1) is 5.69 Å². The van der Waals surface area contributed by atoms with Gasteiger partial charge in [-0.05, 0) is 48.2 Å². The summed E-state index contributed by atoms with van der Waals surface area (Å²) in [7, 11) is 0. The van der Waals surface area contributed by atoms with Crippen molar-refractivity contribution in [2.24, 2.45) is 0 Å². The van der Waals surface area contributed by atoms with Gasteiger partial charge in [-0.15, -0.1) is 11.8 Å². The van der Waals surface area contributed by atoms with Crippen LogP contribution in [0.1, 0.15) is 15.9 Å². The fourth-order valence-electron chi connectivity index (χ4n) is 2.22. The summed E-state index contributed by atoms with van der Waals surface area (Å²) in [5.74, 6) is 0.242. The highest BCUT2D eigenvalue weighted by atomic mass is 32.2. The summed E-state index contributed by atoms with van der Waals surface area (Å²) in [6.45, 7) is 0.00619. The van der Waals surface area contributed by atoms with Crippen molar-refractivity contribution in [3.05, 3.63) is 59.7 Å². The van der Waals surface area contributed by atoms with Gasteiger partial charge in [0.25, 0.3) is 5.91 Å². The number of rotatable bonds is 4. The first-order valence-corrected chi connectivity index (χ1v) is 8.31. The lowest BCUT2D eigenvalue weighted by Gasteiger charge is -2.17. The molecule has 0 unspecified atom stereocenters. The molecule has 0 aliphatic carbocycles. The van der Waals surface area contributed by atoms with Crippen LogP contribution >= 0.6 is 11.8 Å². The van der Waals surface area contributed by atoms with E-state index in [-0.39, 0.29) is 18.3 Å². The van der Waals surface area contributed by atoms with Gasteiger partial charge in [-0.3, -0.25) is 9.59 Å². The Hall–Kier alpha value is -2.53. The van der Waals surface area contributed by atoms with E-state index in [0.29, 0.717) is 17.0 Å². The average molecular weight is 325 g/mol. The van der Waals surface area contributed by atoms with Crippen molar-refractivity contribution < 1.29 is 14.3 Å². The fourth-order valence-corrected chi connectivity index (χ4v) is 2.63. The fraction of sp³-hybridized carbons (Fsp3) is 0.111. The van der Waals surface area contributed by atoms with Crippen LogP contribution < -0.4 is 10.1 Å². The van der Waals surface area contributed by atoms with Crippen molar-refractivity contribution >= 4 is 35.2 Å². The Kier molecular flexibility index (Phi) is 4.48. The number of benzene rings is 2. The maximum absolute atomic E-state index is 12.3. The Labute approximate surface area is 138 Å². The molecule has 4 nitrogen and oxygen atoms in total. The van der Waals surface area contributed by atoms with Gasteiger partial charge in [-0.1, -0.05) is 18.2 Å². The molecule has 1 aliphatic rings. The lowest BCUT2D eigenvalue weighted by atomic mass is 10.1. The number of thioether (sulfide) groups is 1. The summed E-state index contributed by atoms with van der Waals surface area (Å²) in [6.07, 6.45) is 5.33. The minimum absolute atomic E-state index is 0.00619. The number of ether oxygens (including phenoxy) is 1. The third-order valence-electron chi connectivity index (χ3n) is 3.44. The van der Waals surface area contributed by atoms with Crippen LogP contribution in [0.15, 0.2) is 53.4 Å². The van der Waals surface area contributed by atoms with Crippen molar-refractivity contribution in [2.45, 2.75) is 4.90 Å². The second-order valence-corrected chi connectivity index (χ2v) is 5.90. The standard InChI is InChI=1S/C18H15NO3S/c1-23-14-6-2-12(3-7-14)4-8-16(20)13-5-9-17-15(10-13)19-18(21)11-22-17/h2-10H,11H2,1H3,(H,19,21)/b8-4+. The highest BCUT2D eigenvalue weighted by Gasteiger charge is 2.17. The summed E-state index contributed by atoms with van der Waals surface area (Å²) in [5, 5.41) is 2.70. The van der Waals surface area contributed by atoms with Gasteiger partial charge in [-0.25, -0.2) is 0 Å². The van der Waals surface area contributed by atoms with E-state index in [2.05, 4.69) is 5.32 Å². The zero-order chi connectivity index (χ0) is 16.2. The molecule has 0 saturated heterocycles. The van der Waals surface area contributed by atoms with E-state index in [4.69, 9.17) is 4.74 Å². The van der Waals surface area contributed by atoms with Crippen molar-refractivity contribution in [1.82, 2.24) is 0 Å². The minimum Gasteiger partial charge on any atom is -0.482 e. The van der Waals surface area contributed by atoms with Gasteiger partial charge in [0.1, 0.15) is 5.75 Å². The molecule has 0 atom stereocenters. The molecule has 5 heteroatoms. The predicted molar refractivity (Wildman–Crippen MR) is 92.2 cm³/mol. The number of carbonyl (C=O) groups is 2. The van der Waals surface area contributed by atoms with Gasteiger partial charge in [0.2, 0.25) is 0 Å². The van der Waals surface area contributed by atoms with E-state index in [1.54, 1.807) is 36.0 Å². The molecule has 0 aromatic heterocycles. The molecular weight excluding hydrogens is 310 g/mol. The van der Waals surface area contributed by atoms with Crippen molar-refractivity contribution in [1.29, 1.82) is 0 Å². The Morgan fingerprint density at radius 2 is 2.00 bits per heavy atom. The van der Waals surface area contributed by atoms with E-state index in [0.717, 1.165) is 5.56 Å². The number of hydrogen-bond donors (Lipinski definition) is 1.